The van der Waals surface area contributed by atoms with Crippen LogP contribution in [0.25, 0.3) is 22.0 Å². The zero-order valence-corrected chi connectivity index (χ0v) is 11.0. The van der Waals surface area contributed by atoms with Crippen molar-refractivity contribution in [2.75, 3.05) is 0 Å². The summed E-state index contributed by atoms with van der Waals surface area (Å²) in [5, 5.41) is 1.51. The van der Waals surface area contributed by atoms with Crippen LogP contribution in [0.15, 0.2) is 42.9 Å². The van der Waals surface area contributed by atoms with Crippen molar-refractivity contribution in [3.8, 4) is 11.1 Å². The second kappa shape index (κ2) is 4.52. The Kier molecular flexibility index (Phi) is 2.84. The lowest BCUT2D eigenvalue weighted by atomic mass is 10.0. The van der Waals surface area contributed by atoms with Crippen molar-refractivity contribution in [3.63, 3.8) is 0 Å². The predicted molar refractivity (Wildman–Crippen MR) is 76.5 cm³/mol. The number of H-pyrrole nitrogens is 1. The van der Waals surface area contributed by atoms with Crippen molar-refractivity contribution in [1.29, 1.82) is 0 Å². The Morgan fingerprint density at radius 1 is 1.32 bits per heavy atom. The number of aromatic amines is 1. The highest BCUT2D eigenvalue weighted by Crippen LogP contribution is 2.30. The quantitative estimate of drug-likeness (QED) is 0.713. The molecular weight excluding hydrogens is 260 g/mol. The monoisotopic (exact) mass is 270 g/mol. The summed E-state index contributed by atoms with van der Waals surface area (Å²) in [4.78, 5) is 18.7. The van der Waals surface area contributed by atoms with Crippen LogP contribution in [0.5, 0.6) is 0 Å². The number of rotatable bonds is 2. The summed E-state index contributed by atoms with van der Waals surface area (Å²) in [6.07, 6.45) is 5.06. The molecule has 1 N–H and O–H groups in total. The highest BCUT2D eigenvalue weighted by atomic mass is 35.5. The van der Waals surface area contributed by atoms with Gasteiger partial charge in [-0.3, -0.25) is 9.78 Å². The molecule has 0 spiro atoms. The third-order valence-corrected chi connectivity index (χ3v) is 3.45. The summed E-state index contributed by atoms with van der Waals surface area (Å²) in [6.45, 7) is 1.56. The van der Waals surface area contributed by atoms with Crippen LogP contribution >= 0.6 is 11.6 Å². The molecular formula is C15H11ClN2O. The molecule has 3 nitrogen and oxygen atoms in total. The number of nitrogens with zero attached hydrogens (tertiary/aromatic N) is 1. The first-order chi connectivity index (χ1) is 9.16. The van der Waals surface area contributed by atoms with Gasteiger partial charge < -0.3 is 4.98 Å². The van der Waals surface area contributed by atoms with Gasteiger partial charge in [0.2, 0.25) is 0 Å². The summed E-state index contributed by atoms with van der Waals surface area (Å²) in [5.74, 6) is 0.0456. The Balaban J connectivity index is 2.24. The van der Waals surface area contributed by atoms with Crippen LogP contribution in [0.3, 0.4) is 0 Å². The lowest BCUT2D eigenvalue weighted by Crippen LogP contribution is -1.89. The summed E-state index contributed by atoms with van der Waals surface area (Å²) < 4.78 is 0. The molecule has 2 heterocycles. The van der Waals surface area contributed by atoms with Crippen LogP contribution in [0.1, 0.15) is 17.3 Å². The molecule has 0 atom stereocenters. The number of ketones is 1. The summed E-state index contributed by atoms with van der Waals surface area (Å²) in [6, 6.07) is 7.77. The minimum Gasteiger partial charge on any atom is -0.360 e. The van der Waals surface area contributed by atoms with Gasteiger partial charge in [-0.15, -0.1) is 0 Å². The third kappa shape index (κ3) is 2.02. The van der Waals surface area contributed by atoms with E-state index in [9.17, 15) is 4.79 Å². The number of hydrogen-bond donors (Lipinski definition) is 1. The van der Waals surface area contributed by atoms with E-state index >= 15 is 0 Å². The minimum absolute atomic E-state index is 0.0456. The first kappa shape index (κ1) is 11.9. The molecule has 0 bridgehead atoms. The van der Waals surface area contributed by atoms with Crippen molar-refractivity contribution in [2.24, 2.45) is 0 Å². The van der Waals surface area contributed by atoms with Gasteiger partial charge in [0.25, 0.3) is 0 Å². The van der Waals surface area contributed by atoms with Gasteiger partial charge in [-0.25, -0.2) is 0 Å². The van der Waals surface area contributed by atoms with Crippen molar-refractivity contribution in [3.05, 3.63) is 53.4 Å². The van der Waals surface area contributed by atoms with Crippen molar-refractivity contribution < 1.29 is 4.79 Å². The molecule has 0 radical (unpaired) electrons. The van der Waals surface area contributed by atoms with Crippen molar-refractivity contribution in [2.45, 2.75) is 6.92 Å². The number of carbonyl (C=O) groups excluding carboxylic acids is 1. The first-order valence-electron chi connectivity index (χ1n) is 5.89. The molecule has 3 rings (SSSR count). The second-order valence-electron chi connectivity index (χ2n) is 4.37. The Hall–Kier alpha value is -2.13. The van der Waals surface area contributed by atoms with E-state index in [1.54, 1.807) is 25.5 Å². The number of carbonyl (C=O) groups is 1. The largest absolute Gasteiger partial charge is 0.360 e. The second-order valence-corrected chi connectivity index (χ2v) is 4.78. The fourth-order valence-electron chi connectivity index (χ4n) is 2.19. The van der Waals surface area contributed by atoms with E-state index in [2.05, 4.69) is 9.97 Å². The lowest BCUT2D eigenvalue weighted by Gasteiger charge is -2.04. The Morgan fingerprint density at radius 3 is 2.89 bits per heavy atom. The van der Waals surface area contributed by atoms with Crippen LogP contribution in [0, 0.1) is 0 Å². The maximum atomic E-state index is 11.6. The molecule has 0 aliphatic heterocycles. The maximum absolute atomic E-state index is 11.6. The molecule has 0 saturated carbocycles. The SMILES string of the molecule is CC(=O)c1c[nH]c2ccc(-c3ccncc3Cl)cc12. The van der Waals surface area contributed by atoms with E-state index in [0.717, 1.165) is 22.0 Å². The van der Waals surface area contributed by atoms with Crippen molar-refractivity contribution >= 4 is 28.3 Å². The van der Waals surface area contributed by atoms with Crippen LogP contribution in [-0.4, -0.2) is 15.8 Å². The number of pyridine rings is 1. The van der Waals surface area contributed by atoms with Crippen LogP contribution in [0.2, 0.25) is 5.02 Å². The zero-order chi connectivity index (χ0) is 13.4. The van der Waals surface area contributed by atoms with E-state index in [0.29, 0.717) is 10.6 Å². The fourth-order valence-corrected chi connectivity index (χ4v) is 2.42. The van der Waals surface area contributed by atoms with E-state index in [4.69, 9.17) is 11.6 Å². The van der Waals surface area contributed by atoms with Gasteiger partial charge >= 0.3 is 0 Å². The number of halogens is 1. The van der Waals surface area contributed by atoms with Crippen molar-refractivity contribution in [1.82, 2.24) is 9.97 Å². The fraction of sp³-hybridized carbons (Fsp3) is 0.0667. The Morgan fingerprint density at radius 2 is 2.16 bits per heavy atom. The van der Waals surface area contributed by atoms with Gasteiger partial charge in [-0.05, 0) is 30.7 Å². The lowest BCUT2D eigenvalue weighted by molar-refractivity contribution is 0.101. The molecule has 4 heteroatoms. The normalized spacial score (nSPS) is 10.8. The molecule has 2 aromatic heterocycles. The van der Waals surface area contributed by atoms with Gasteiger partial charge in [-0.1, -0.05) is 17.7 Å². The number of fused-ring (bicyclic) bond motifs is 1. The summed E-state index contributed by atoms with van der Waals surface area (Å²) in [5.41, 5.74) is 3.53. The van der Waals surface area contributed by atoms with Gasteiger partial charge in [0, 0.05) is 40.6 Å². The highest BCUT2D eigenvalue weighted by molar-refractivity contribution is 6.33. The van der Waals surface area contributed by atoms with E-state index in [1.165, 1.54) is 0 Å². The first-order valence-corrected chi connectivity index (χ1v) is 6.26. The number of aromatic nitrogens is 2. The predicted octanol–water partition coefficient (Wildman–Crippen LogP) is 4.09. The molecule has 94 valence electrons. The third-order valence-electron chi connectivity index (χ3n) is 3.14. The number of Topliss-reactive ketones (excluding diaryl/α,β-unsaturated/α-hetero) is 1. The van der Waals surface area contributed by atoms with E-state index in [-0.39, 0.29) is 5.78 Å². The molecule has 1 aromatic carbocycles. The molecule has 0 saturated heterocycles. The van der Waals surface area contributed by atoms with Crippen LogP contribution < -0.4 is 0 Å². The van der Waals surface area contributed by atoms with Crippen LogP contribution in [0.4, 0.5) is 0 Å². The zero-order valence-electron chi connectivity index (χ0n) is 10.3. The van der Waals surface area contributed by atoms with Gasteiger partial charge in [0.1, 0.15) is 0 Å². The van der Waals surface area contributed by atoms with Gasteiger partial charge in [0.05, 0.1) is 5.02 Å². The molecule has 0 unspecified atom stereocenters. The minimum atomic E-state index is 0.0456. The number of hydrogen-bond acceptors (Lipinski definition) is 2. The molecule has 0 aliphatic rings. The maximum Gasteiger partial charge on any atom is 0.161 e. The average Bonchev–Trinajstić information content (AvgIpc) is 2.82. The molecule has 3 aromatic rings. The van der Waals surface area contributed by atoms with Crippen LogP contribution in [-0.2, 0) is 0 Å². The molecule has 0 amide bonds. The Labute approximate surface area is 115 Å². The number of benzene rings is 1. The number of nitrogens with one attached hydrogen (secondary N) is 1. The smallest absolute Gasteiger partial charge is 0.161 e. The van der Waals surface area contributed by atoms with E-state index < -0.39 is 0 Å². The molecule has 0 fully saturated rings. The van der Waals surface area contributed by atoms with Gasteiger partial charge in [0.15, 0.2) is 5.78 Å². The average molecular weight is 271 g/mol. The highest BCUT2D eigenvalue weighted by Gasteiger charge is 2.10. The van der Waals surface area contributed by atoms with Gasteiger partial charge in [-0.2, -0.15) is 0 Å². The molecule has 0 aliphatic carbocycles. The molecule has 19 heavy (non-hydrogen) atoms. The summed E-state index contributed by atoms with van der Waals surface area (Å²) in [7, 11) is 0. The topological polar surface area (TPSA) is 45.8 Å². The Bertz CT molecular complexity index is 777. The summed E-state index contributed by atoms with van der Waals surface area (Å²) >= 11 is 6.15. The van der Waals surface area contributed by atoms with E-state index in [1.807, 2.05) is 24.3 Å². The standard InChI is InChI=1S/C15H11ClN2O/c1-9(19)13-7-18-15-3-2-10(6-12(13)15)11-4-5-17-8-14(11)16/h2-8,18H,1H3.